The molecule has 1 aromatic rings. The van der Waals surface area contributed by atoms with Gasteiger partial charge in [0.1, 0.15) is 0 Å². The number of hydrogen-bond donors (Lipinski definition) is 1. The summed E-state index contributed by atoms with van der Waals surface area (Å²) in [7, 11) is 0. The number of nitrogens with one attached hydrogen (secondary N) is 1. The molecule has 4 nitrogen and oxygen atoms in total. The number of halogens is 1. The Hall–Kier alpha value is -0.940. The van der Waals surface area contributed by atoms with E-state index >= 15 is 0 Å². The predicted molar refractivity (Wildman–Crippen MR) is 69.9 cm³/mol. The molecule has 0 aromatic carbocycles. The summed E-state index contributed by atoms with van der Waals surface area (Å²) in [5, 5.41) is 3.30. The molecule has 0 spiro atoms. The van der Waals surface area contributed by atoms with Crippen LogP contribution in [0.3, 0.4) is 0 Å². The van der Waals surface area contributed by atoms with Gasteiger partial charge in [0, 0.05) is 36.5 Å². The molecule has 2 rings (SSSR count). The highest BCUT2D eigenvalue weighted by molar-refractivity contribution is 9.10. The lowest BCUT2D eigenvalue weighted by Gasteiger charge is -2.42. The molecule has 0 unspecified atom stereocenters. The Labute approximate surface area is 110 Å². The van der Waals surface area contributed by atoms with Gasteiger partial charge in [-0.1, -0.05) is 0 Å². The van der Waals surface area contributed by atoms with Gasteiger partial charge in [-0.25, -0.2) is 0 Å². The molecule has 2 heterocycles. The van der Waals surface area contributed by atoms with Crippen LogP contribution < -0.4 is 5.32 Å². The van der Waals surface area contributed by atoms with Gasteiger partial charge in [0.05, 0.1) is 11.1 Å². The smallest absolute Gasteiger partial charge is 0.255 e. The van der Waals surface area contributed by atoms with Crippen LogP contribution in [0.25, 0.3) is 0 Å². The number of carbonyl (C=O) groups excluding carboxylic acids is 1. The van der Waals surface area contributed by atoms with Gasteiger partial charge in [-0.3, -0.25) is 9.78 Å². The summed E-state index contributed by atoms with van der Waals surface area (Å²) in [5.74, 6) is 0.0466. The van der Waals surface area contributed by atoms with E-state index in [1.54, 1.807) is 12.4 Å². The molecular formula is C12H16BrN3O. The molecule has 0 aliphatic carbocycles. The maximum absolute atomic E-state index is 12.4. The normalized spacial score (nSPS) is 19.1. The zero-order valence-electron chi connectivity index (χ0n) is 10.0. The summed E-state index contributed by atoms with van der Waals surface area (Å²) in [5.41, 5.74) is 0.479. The van der Waals surface area contributed by atoms with Crippen molar-refractivity contribution in [2.75, 3.05) is 19.6 Å². The molecule has 92 valence electrons. The highest BCUT2D eigenvalue weighted by Gasteiger charge is 2.33. The summed E-state index contributed by atoms with van der Waals surface area (Å²) < 4.78 is 0.830. The van der Waals surface area contributed by atoms with Gasteiger partial charge in [0.15, 0.2) is 0 Å². The van der Waals surface area contributed by atoms with Crippen molar-refractivity contribution < 1.29 is 4.79 Å². The average Bonchev–Trinajstić information content (AvgIpc) is 2.27. The Bertz CT molecular complexity index is 434. The molecule has 0 bridgehead atoms. The molecule has 1 saturated heterocycles. The molecule has 1 aliphatic rings. The van der Waals surface area contributed by atoms with Crippen LogP contribution in [0, 0.1) is 0 Å². The van der Waals surface area contributed by atoms with E-state index in [1.807, 2.05) is 11.0 Å². The number of pyridine rings is 1. The monoisotopic (exact) mass is 297 g/mol. The summed E-state index contributed by atoms with van der Waals surface area (Å²) in [4.78, 5) is 18.4. The van der Waals surface area contributed by atoms with Crippen LogP contribution in [0.4, 0.5) is 0 Å². The predicted octanol–water partition coefficient (Wildman–Crippen LogP) is 1.67. The van der Waals surface area contributed by atoms with E-state index in [9.17, 15) is 4.79 Å². The van der Waals surface area contributed by atoms with E-state index in [1.165, 1.54) is 0 Å². The SMILES string of the molecule is CC1(C)CNCCN1C(=O)c1cncc(Br)c1. The van der Waals surface area contributed by atoms with Crippen molar-refractivity contribution in [2.24, 2.45) is 0 Å². The van der Waals surface area contributed by atoms with Crippen molar-refractivity contribution in [3.05, 3.63) is 28.5 Å². The third kappa shape index (κ3) is 2.66. The molecular weight excluding hydrogens is 282 g/mol. The molecule has 5 heteroatoms. The van der Waals surface area contributed by atoms with Crippen molar-refractivity contribution in [1.82, 2.24) is 15.2 Å². The lowest BCUT2D eigenvalue weighted by Crippen LogP contribution is -2.59. The van der Waals surface area contributed by atoms with Crippen LogP contribution in [0.5, 0.6) is 0 Å². The molecule has 0 saturated carbocycles. The number of nitrogens with zero attached hydrogens (tertiary/aromatic N) is 2. The third-order valence-electron chi connectivity index (χ3n) is 3.00. The molecule has 0 radical (unpaired) electrons. The quantitative estimate of drug-likeness (QED) is 0.858. The zero-order valence-corrected chi connectivity index (χ0v) is 11.6. The van der Waals surface area contributed by atoms with Gasteiger partial charge in [0.2, 0.25) is 0 Å². The first-order valence-corrected chi connectivity index (χ1v) is 6.43. The van der Waals surface area contributed by atoms with E-state index in [-0.39, 0.29) is 11.4 Å². The van der Waals surface area contributed by atoms with Gasteiger partial charge in [-0.2, -0.15) is 0 Å². The van der Waals surface area contributed by atoms with Crippen molar-refractivity contribution in [1.29, 1.82) is 0 Å². The van der Waals surface area contributed by atoms with Crippen molar-refractivity contribution in [3.63, 3.8) is 0 Å². The molecule has 1 aromatic heterocycles. The average molecular weight is 298 g/mol. The van der Waals surface area contributed by atoms with Crippen LogP contribution in [-0.4, -0.2) is 41.0 Å². The second kappa shape index (κ2) is 4.74. The van der Waals surface area contributed by atoms with E-state index in [0.717, 1.165) is 24.1 Å². The third-order valence-corrected chi connectivity index (χ3v) is 3.43. The molecule has 1 N–H and O–H groups in total. The molecule has 1 amide bonds. The van der Waals surface area contributed by atoms with E-state index < -0.39 is 0 Å². The van der Waals surface area contributed by atoms with Crippen molar-refractivity contribution in [3.8, 4) is 0 Å². The van der Waals surface area contributed by atoms with Crippen LogP contribution in [0.2, 0.25) is 0 Å². The summed E-state index contributed by atoms with van der Waals surface area (Å²) in [6.45, 7) is 6.54. The number of hydrogen-bond acceptors (Lipinski definition) is 3. The van der Waals surface area contributed by atoms with Crippen LogP contribution in [0.1, 0.15) is 24.2 Å². The lowest BCUT2D eigenvalue weighted by molar-refractivity contribution is 0.0477. The second-order valence-corrected chi connectivity index (χ2v) is 5.75. The minimum Gasteiger partial charge on any atom is -0.331 e. The Morgan fingerprint density at radius 2 is 2.29 bits per heavy atom. The van der Waals surface area contributed by atoms with Gasteiger partial charge >= 0.3 is 0 Å². The van der Waals surface area contributed by atoms with E-state index in [0.29, 0.717) is 5.56 Å². The zero-order chi connectivity index (χ0) is 12.5. The molecule has 1 aliphatic heterocycles. The number of carbonyl (C=O) groups is 1. The van der Waals surface area contributed by atoms with Gasteiger partial charge < -0.3 is 10.2 Å². The van der Waals surface area contributed by atoms with Gasteiger partial charge in [-0.05, 0) is 35.8 Å². The topological polar surface area (TPSA) is 45.2 Å². The lowest BCUT2D eigenvalue weighted by atomic mass is 9.99. The van der Waals surface area contributed by atoms with Crippen molar-refractivity contribution in [2.45, 2.75) is 19.4 Å². The maximum atomic E-state index is 12.4. The fraction of sp³-hybridized carbons (Fsp3) is 0.500. The number of aromatic nitrogens is 1. The Morgan fingerprint density at radius 1 is 1.53 bits per heavy atom. The maximum Gasteiger partial charge on any atom is 0.255 e. The number of piperazine rings is 1. The van der Waals surface area contributed by atoms with E-state index in [4.69, 9.17) is 0 Å². The van der Waals surface area contributed by atoms with Crippen LogP contribution in [-0.2, 0) is 0 Å². The first-order chi connectivity index (χ1) is 8.00. The number of amides is 1. The Kier molecular flexibility index (Phi) is 3.49. The second-order valence-electron chi connectivity index (χ2n) is 4.84. The molecule has 0 atom stereocenters. The first-order valence-electron chi connectivity index (χ1n) is 5.64. The minimum absolute atomic E-state index is 0.0466. The highest BCUT2D eigenvalue weighted by atomic mass is 79.9. The Balaban J connectivity index is 2.25. The summed E-state index contributed by atoms with van der Waals surface area (Å²) in [6.07, 6.45) is 3.30. The van der Waals surface area contributed by atoms with E-state index in [2.05, 4.69) is 40.1 Å². The van der Waals surface area contributed by atoms with Crippen molar-refractivity contribution >= 4 is 21.8 Å². The summed E-state index contributed by atoms with van der Waals surface area (Å²) >= 11 is 3.34. The standard InChI is InChI=1S/C12H16BrN3O/c1-12(2)8-14-3-4-16(12)11(17)9-5-10(13)7-15-6-9/h5-7,14H,3-4,8H2,1-2H3. The molecule has 1 fully saturated rings. The van der Waals surface area contributed by atoms with Crippen LogP contribution in [0.15, 0.2) is 22.9 Å². The first kappa shape index (κ1) is 12.5. The molecule has 17 heavy (non-hydrogen) atoms. The largest absolute Gasteiger partial charge is 0.331 e. The van der Waals surface area contributed by atoms with Crippen LogP contribution >= 0.6 is 15.9 Å². The van der Waals surface area contributed by atoms with Gasteiger partial charge in [0.25, 0.3) is 5.91 Å². The Morgan fingerprint density at radius 3 is 2.94 bits per heavy atom. The fourth-order valence-corrected chi connectivity index (χ4v) is 2.41. The highest BCUT2D eigenvalue weighted by Crippen LogP contribution is 2.20. The van der Waals surface area contributed by atoms with Gasteiger partial charge in [-0.15, -0.1) is 0 Å². The summed E-state index contributed by atoms with van der Waals surface area (Å²) in [6, 6.07) is 1.81. The minimum atomic E-state index is -0.155. The number of rotatable bonds is 1. The fourth-order valence-electron chi connectivity index (χ4n) is 2.04.